The lowest BCUT2D eigenvalue weighted by atomic mass is 9.76. The fourth-order valence-electron chi connectivity index (χ4n) is 5.19. The minimum absolute atomic E-state index is 0.0149. The van der Waals surface area contributed by atoms with E-state index in [4.69, 9.17) is 0 Å². The molecule has 0 spiro atoms. The predicted molar refractivity (Wildman–Crippen MR) is 140 cm³/mol. The van der Waals surface area contributed by atoms with Gasteiger partial charge in [-0.05, 0) is 85.0 Å². The number of aromatic nitrogens is 4. The molecule has 6 nitrogen and oxygen atoms in total. The molecule has 0 atom stereocenters. The molecule has 2 aromatic heterocycles. The van der Waals surface area contributed by atoms with Crippen LogP contribution in [0.5, 0.6) is 0 Å². The van der Waals surface area contributed by atoms with Crippen molar-refractivity contribution in [3.8, 4) is 11.5 Å². The number of alkyl halides is 3. The maximum absolute atomic E-state index is 13.3. The molecule has 2 fully saturated rings. The summed E-state index contributed by atoms with van der Waals surface area (Å²) in [4.78, 5) is 17.0. The van der Waals surface area contributed by atoms with Crippen LogP contribution in [0.2, 0.25) is 0 Å². The van der Waals surface area contributed by atoms with Gasteiger partial charge in [0.25, 0.3) is 0 Å². The van der Waals surface area contributed by atoms with Crippen LogP contribution in [-0.4, -0.2) is 32.0 Å². The van der Waals surface area contributed by atoms with E-state index >= 15 is 0 Å². The summed E-state index contributed by atoms with van der Waals surface area (Å²) in [5, 5.41) is 6.54. The van der Waals surface area contributed by atoms with Gasteiger partial charge >= 0.3 is 6.18 Å². The van der Waals surface area contributed by atoms with Crippen LogP contribution in [0, 0.1) is 11.6 Å². The van der Waals surface area contributed by atoms with Gasteiger partial charge in [-0.2, -0.15) is 28.1 Å². The summed E-state index contributed by atoms with van der Waals surface area (Å²) in [5.41, 5.74) is 1.05. The van der Waals surface area contributed by atoms with Crippen molar-refractivity contribution < 1.29 is 22.0 Å². The Morgan fingerprint density at radius 2 is 1.07 bits per heavy atom. The molecule has 2 aliphatic rings. The number of halogens is 5. The van der Waals surface area contributed by atoms with Gasteiger partial charge in [0.2, 0.25) is 11.9 Å². The Morgan fingerprint density at radius 3 is 1.52 bits per heavy atom. The van der Waals surface area contributed by atoms with Gasteiger partial charge in [-0.15, -0.1) is 0 Å². The molecule has 2 aliphatic carbocycles. The van der Waals surface area contributed by atoms with Crippen molar-refractivity contribution in [3.63, 3.8) is 0 Å². The quantitative estimate of drug-likeness (QED) is 0.242. The Labute approximate surface area is 227 Å². The summed E-state index contributed by atoms with van der Waals surface area (Å²) >= 11 is 0. The molecule has 0 saturated heterocycles. The van der Waals surface area contributed by atoms with Gasteiger partial charge in [-0.25, -0.2) is 13.8 Å². The van der Waals surface area contributed by atoms with Crippen LogP contribution < -0.4 is 10.6 Å². The van der Waals surface area contributed by atoms with Gasteiger partial charge in [0.05, 0.1) is 0 Å². The first-order valence-corrected chi connectivity index (χ1v) is 13.0. The van der Waals surface area contributed by atoms with Gasteiger partial charge in [-0.1, -0.05) is 30.3 Å². The highest BCUT2D eigenvalue weighted by Gasteiger charge is 2.34. The highest BCUT2D eigenvalue weighted by atomic mass is 19.4. The molecule has 6 rings (SSSR count). The average molecular weight is 553 g/mol. The monoisotopic (exact) mass is 552 g/mol. The van der Waals surface area contributed by atoms with E-state index in [-0.39, 0.29) is 59.0 Å². The molecule has 40 heavy (non-hydrogen) atoms. The molecule has 0 unspecified atom stereocenters. The second kappa shape index (κ2) is 10.4. The molecule has 206 valence electrons. The third kappa shape index (κ3) is 5.73. The van der Waals surface area contributed by atoms with Crippen LogP contribution in [0.1, 0.15) is 54.3 Å². The number of hydrogen-bond donors (Lipinski definition) is 2. The molecule has 0 aliphatic heterocycles. The molecule has 0 bridgehead atoms. The van der Waals surface area contributed by atoms with E-state index in [9.17, 15) is 22.0 Å². The number of benzene rings is 2. The SMILES string of the molecule is Fc1ccc(C2CC(Nc3nc(NC4CC(c5ccc(F)cc5)C4)nc(-c4cccc(C(F)(F)F)n4)n3)C2)cc1. The number of pyridine rings is 1. The van der Waals surface area contributed by atoms with Gasteiger partial charge in [-0.3, -0.25) is 0 Å². The predicted octanol–water partition coefficient (Wildman–Crippen LogP) is 6.95. The van der Waals surface area contributed by atoms with Crippen molar-refractivity contribution in [1.82, 2.24) is 19.9 Å². The number of rotatable bonds is 7. The zero-order valence-electron chi connectivity index (χ0n) is 21.2. The van der Waals surface area contributed by atoms with Crippen LogP contribution in [-0.2, 0) is 6.18 Å². The van der Waals surface area contributed by atoms with E-state index in [2.05, 4.69) is 30.6 Å². The van der Waals surface area contributed by atoms with Gasteiger partial charge < -0.3 is 10.6 Å². The van der Waals surface area contributed by atoms with E-state index < -0.39 is 11.9 Å². The summed E-state index contributed by atoms with van der Waals surface area (Å²) in [6.07, 6.45) is -1.50. The zero-order valence-corrected chi connectivity index (χ0v) is 21.2. The maximum Gasteiger partial charge on any atom is 0.433 e. The summed E-state index contributed by atoms with van der Waals surface area (Å²) in [7, 11) is 0. The normalized spacial score (nSPS) is 22.2. The summed E-state index contributed by atoms with van der Waals surface area (Å²) in [5.74, 6) is 0.464. The molecule has 0 amide bonds. The molecule has 2 saturated carbocycles. The number of nitrogens with zero attached hydrogens (tertiary/aromatic N) is 4. The molecule has 11 heteroatoms. The highest BCUT2D eigenvalue weighted by molar-refractivity contribution is 5.54. The van der Waals surface area contributed by atoms with Gasteiger partial charge in [0.15, 0.2) is 5.82 Å². The lowest BCUT2D eigenvalue weighted by Gasteiger charge is -2.37. The molecular formula is C29H25F5N6. The first-order chi connectivity index (χ1) is 19.2. The third-order valence-electron chi connectivity index (χ3n) is 7.53. The van der Waals surface area contributed by atoms with Crippen molar-refractivity contribution in [3.05, 3.63) is 95.2 Å². The van der Waals surface area contributed by atoms with Crippen LogP contribution in [0.15, 0.2) is 66.7 Å². The first kappa shape index (κ1) is 26.1. The van der Waals surface area contributed by atoms with Crippen molar-refractivity contribution in [2.75, 3.05) is 10.6 Å². The smallest absolute Gasteiger partial charge is 0.351 e. The second-order valence-corrected chi connectivity index (χ2v) is 10.3. The van der Waals surface area contributed by atoms with Crippen molar-refractivity contribution in [1.29, 1.82) is 0 Å². The summed E-state index contributed by atoms with van der Waals surface area (Å²) in [6, 6.07) is 16.5. The Morgan fingerprint density at radius 1 is 0.600 bits per heavy atom. The lowest BCUT2D eigenvalue weighted by molar-refractivity contribution is -0.141. The van der Waals surface area contributed by atoms with E-state index in [1.54, 1.807) is 24.3 Å². The van der Waals surface area contributed by atoms with Gasteiger partial charge in [0, 0.05) is 12.1 Å². The molecular weight excluding hydrogens is 527 g/mol. The van der Waals surface area contributed by atoms with E-state index in [0.29, 0.717) is 0 Å². The maximum atomic E-state index is 13.3. The zero-order chi connectivity index (χ0) is 27.9. The molecule has 2 N–H and O–H groups in total. The van der Waals surface area contributed by atoms with Crippen molar-refractivity contribution in [2.24, 2.45) is 0 Å². The van der Waals surface area contributed by atoms with Crippen LogP contribution in [0.4, 0.5) is 33.8 Å². The van der Waals surface area contributed by atoms with Crippen molar-refractivity contribution >= 4 is 11.9 Å². The fraction of sp³-hybridized carbons (Fsp3) is 0.310. The standard InChI is InChI=1S/C29H25F5N6/c30-20-8-4-16(5-9-20)18-12-22(13-18)35-27-38-26(24-2-1-3-25(37-24)29(32,33)34)39-28(40-27)36-23-14-19(15-23)17-6-10-21(31)11-7-17/h1-11,18-19,22-23H,12-15H2,(H2,35,36,38,39,40). The average Bonchev–Trinajstić information content (AvgIpc) is 2.89. The Kier molecular flexibility index (Phi) is 6.81. The van der Waals surface area contributed by atoms with Crippen LogP contribution >= 0.6 is 0 Å². The second-order valence-electron chi connectivity index (χ2n) is 10.3. The molecule has 2 heterocycles. The van der Waals surface area contributed by atoms with Gasteiger partial charge in [0.1, 0.15) is 23.0 Å². The number of hydrogen-bond acceptors (Lipinski definition) is 6. The minimum Gasteiger partial charge on any atom is -0.351 e. The largest absolute Gasteiger partial charge is 0.433 e. The minimum atomic E-state index is -4.60. The Bertz CT molecular complexity index is 1400. The van der Waals surface area contributed by atoms with E-state index in [1.165, 1.54) is 36.4 Å². The molecule has 0 radical (unpaired) electrons. The molecule has 2 aromatic carbocycles. The third-order valence-corrected chi connectivity index (χ3v) is 7.53. The fourth-order valence-corrected chi connectivity index (χ4v) is 5.19. The highest BCUT2D eigenvalue weighted by Crippen LogP contribution is 2.40. The van der Waals surface area contributed by atoms with E-state index in [0.717, 1.165) is 42.9 Å². The summed E-state index contributed by atoms with van der Waals surface area (Å²) < 4.78 is 66.5. The van der Waals surface area contributed by atoms with Crippen LogP contribution in [0.25, 0.3) is 11.5 Å². The number of anilines is 2. The molecule has 4 aromatic rings. The lowest BCUT2D eigenvalue weighted by Crippen LogP contribution is -2.36. The Hall–Kier alpha value is -4.15. The number of nitrogens with one attached hydrogen (secondary N) is 2. The van der Waals surface area contributed by atoms with E-state index in [1.807, 2.05) is 0 Å². The van der Waals surface area contributed by atoms with Crippen LogP contribution in [0.3, 0.4) is 0 Å². The Balaban J connectivity index is 1.19. The first-order valence-electron chi connectivity index (χ1n) is 13.0. The topological polar surface area (TPSA) is 75.6 Å². The van der Waals surface area contributed by atoms with Crippen molar-refractivity contribution in [2.45, 2.75) is 55.8 Å². The summed E-state index contributed by atoms with van der Waals surface area (Å²) in [6.45, 7) is 0.